The van der Waals surface area contributed by atoms with Crippen molar-refractivity contribution in [3.05, 3.63) is 61.1 Å². The molecule has 0 N–H and O–H groups in total. The summed E-state index contributed by atoms with van der Waals surface area (Å²) in [5.41, 5.74) is 1.36. The van der Waals surface area contributed by atoms with Gasteiger partial charge in [0.2, 0.25) is 0 Å². The van der Waals surface area contributed by atoms with E-state index >= 15 is 0 Å². The van der Waals surface area contributed by atoms with Gasteiger partial charge in [0.1, 0.15) is 17.4 Å². The van der Waals surface area contributed by atoms with Crippen molar-refractivity contribution in [1.29, 1.82) is 0 Å². The van der Waals surface area contributed by atoms with Crippen LogP contribution in [0.5, 0.6) is 5.75 Å². The zero-order chi connectivity index (χ0) is 14.9. The smallest absolute Gasteiger partial charge is 0.141 e. The van der Waals surface area contributed by atoms with Gasteiger partial charge in [-0.15, -0.1) is 11.6 Å². The number of halogens is 5. The fourth-order valence-electron chi connectivity index (χ4n) is 1.79. The van der Waals surface area contributed by atoms with E-state index in [2.05, 4.69) is 15.9 Å². The van der Waals surface area contributed by atoms with Crippen LogP contribution in [0, 0.1) is 15.2 Å². The molecule has 0 aliphatic heterocycles. The highest BCUT2D eigenvalue weighted by Crippen LogP contribution is 2.39. The highest BCUT2D eigenvalue weighted by molar-refractivity contribution is 14.1. The first-order valence-corrected chi connectivity index (χ1v) is 7.86. The van der Waals surface area contributed by atoms with Crippen LogP contribution in [0.1, 0.15) is 16.5 Å². The normalized spacial score (nSPS) is 12.3. The predicted octanol–water partition coefficient (Wildman–Crippen LogP) is 5.67. The van der Waals surface area contributed by atoms with Crippen LogP contribution >= 0.6 is 50.1 Å². The van der Waals surface area contributed by atoms with Gasteiger partial charge in [0.25, 0.3) is 0 Å². The third-order valence-corrected chi connectivity index (χ3v) is 4.79. The van der Waals surface area contributed by atoms with Crippen LogP contribution in [0.15, 0.2) is 34.8 Å². The summed E-state index contributed by atoms with van der Waals surface area (Å²) in [6.45, 7) is 0. The third kappa shape index (κ3) is 3.26. The number of benzene rings is 2. The molecule has 106 valence electrons. The lowest BCUT2D eigenvalue weighted by Crippen LogP contribution is -2.01. The Morgan fingerprint density at radius 3 is 2.50 bits per heavy atom. The predicted molar refractivity (Wildman–Crippen MR) is 87.5 cm³/mol. The second-order valence-electron chi connectivity index (χ2n) is 4.04. The first-order valence-electron chi connectivity index (χ1n) is 5.56. The molecule has 0 saturated heterocycles. The molecule has 0 heterocycles. The maximum atomic E-state index is 13.5. The van der Waals surface area contributed by atoms with Gasteiger partial charge in [0.15, 0.2) is 0 Å². The topological polar surface area (TPSA) is 9.23 Å². The number of ether oxygens (including phenoxy) is 1. The summed E-state index contributed by atoms with van der Waals surface area (Å²) in [6, 6.07) is 7.20. The lowest BCUT2D eigenvalue weighted by Gasteiger charge is -2.16. The molecule has 0 saturated carbocycles. The quantitative estimate of drug-likeness (QED) is 0.413. The summed E-state index contributed by atoms with van der Waals surface area (Å²) >= 11 is 11.6. The Balaban J connectivity index is 2.52. The van der Waals surface area contributed by atoms with Crippen molar-refractivity contribution in [1.82, 2.24) is 0 Å². The monoisotopic (exact) mass is 472 g/mol. The number of alkyl halides is 1. The van der Waals surface area contributed by atoms with Gasteiger partial charge in [-0.05, 0) is 62.3 Å². The molecule has 1 unspecified atom stereocenters. The van der Waals surface area contributed by atoms with E-state index in [-0.39, 0.29) is 5.82 Å². The lowest BCUT2D eigenvalue weighted by atomic mass is 10.0. The second kappa shape index (κ2) is 6.58. The first-order chi connectivity index (χ1) is 9.43. The van der Waals surface area contributed by atoms with E-state index < -0.39 is 11.2 Å². The maximum absolute atomic E-state index is 13.5. The standard InChI is InChI=1S/C14H9BrClF2IO/c1-20-13-6-11(18)10(15)5-9(13)14(16)8-3-2-7(17)4-12(8)19/h2-6,14H,1H3. The minimum atomic E-state index is -0.561. The molecular formula is C14H9BrClF2IO. The Labute approximate surface area is 142 Å². The minimum Gasteiger partial charge on any atom is -0.496 e. The van der Waals surface area contributed by atoms with Crippen LogP contribution in [-0.4, -0.2) is 7.11 Å². The van der Waals surface area contributed by atoms with Gasteiger partial charge in [-0.25, -0.2) is 8.78 Å². The van der Waals surface area contributed by atoms with E-state index in [4.69, 9.17) is 16.3 Å². The molecule has 0 aliphatic rings. The molecule has 0 fully saturated rings. The van der Waals surface area contributed by atoms with Gasteiger partial charge in [-0.3, -0.25) is 0 Å². The fraction of sp³-hybridized carbons (Fsp3) is 0.143. The van der Waals surface area contributed by atoms with Crippen LogP contribution in [0.25, 0.3) is 0 Å². The van der Waals surface area contributed by atoms with Crippen LogP contribution in [0.2, 0.25) is 0 Å². The van der Waals surface area contributed by atoms with Gasteiger partial charge in [-0.2, -0.15) is 0 Å². The van der Waals surface area contributed by atoms with E-state index in [1.165, 1.54) is 25.3 Å². The van der Waals surface area contributed by atoms with Crippen molar-refractivity contribution in [3.63, 3.8) is 0 Å². The molecule has 20 heavy (non-hydrogen) atoms. The largest absolute Gasteiger partial charge is 0.496 e. The van der Waals surface area contributed by atoms with E-state index in [9.17, 15) is 8.78 Å². The third-order valence-electron chi connectivity index (χ3n) is 2.78. The summed E-state index contributed by atoms with van der Waals surface area (Å²) < 4.78 is 32.8. The molecule has 2 aromatic rings. The van der Waals surface area contributed by atoms with Crippen LogP contribution < -0.4 is 4.74 Å². The lowest BCUT2D eigenvalue weighted by molar-refractivity contribution is 0.406. The van der Waals surface area contributed by atoms with Crippen LogP contribution in [0.3, 0.4) is 0 Å². The zero-order valence-electron chi connectivity index (χ0n) is 10.3. The molecule has 0 radical (unpaired) electrons. The molecule has 0 spiro atoms. The average Bonchev–Trinajstić information content (AvgIpc) is 2.40. The molecule has 1 nitrogen and oxygen atoms in total. The second-order valence-corrected chi connectivity index (χ2v) is 6.49. The molecular weight excluding hydrogens is 464 g/mol. The summed E-state index contributed by atoms with van der Waals surface area (Å²) in [6.07, 6.45) is 0. The number of rotatable bonds is 3. The Morgan fingerprint density at radius 1 is 1.20 bits per heavy atom. The number of hydrogen-bond acceptors (Lipinski definition) is 1. The van der Waals surface area contributed by atoms with Gasteiger partial charge in [0.05, 0.1) is 17.0 Å². The van der Waals surface area contributed by atoms with Crippen molar-refractivity contribution >= 4 is 50.1 Å². The van der Waals surface area contributed by atoms with Crippen molar-refractivity contribution in [2.75, 3.05) is 7.11 Å². The van der Waals surface area contributed by atoms with E-state index in [0.717, 1.165) is 5.56 Å². The summed E-state index contributed by atoms with van der Waals surface area (Å²) in [5, 5.41) is -0.561. The minimum absolute atomic E-state index is 0.302. The Hall–Kier alpha value is -0.400. The SMILES string of the molecule is COc1cc(F)c(Br)cc1C(Cl)c1ccc(F)cc1I. The first kappa shape index (κ1) is 16.0. The fourth-order valence-corrected chi connectivity index (χ4v) is 3.49. The van der Waals surface area contributed by atoms with Crippen molar-refractivity contribution < 1.29 is 13.5 Å². The Morgan fingerprint density at radius 2 is 1.90 bits per heavy atom. The molecule has 1 atom stereocenters. The van der Waals surface area contributed by atoms with E-state index in [1.807, 2.05) is 22.6 Å². The Kier molecular flexibility index (Phi) is 5.25. The highest BCUT2D eigenvalue weighted by Gasteiger charge is 2.20. The van der Waals surface area contributed by atoms with Crippen LogP contribution in [0.4, 0.5) is 8.78 Å². The summed E-state index contributed by atoms with van der Waals surface area (Å²) in [4.78, 5) is 0. The van der Waals surface area contributed by atoms with Crippen molar-refractivity contribution in [3.8, 4) is 5.75 Å². The number of hydrogen-bond donors (Lipinski definition) is 0. The highest BCUT2D eigenvalue weighted by atomic mass is 127. The summed E-state index contributed by atoms with van der Waals surface area (Å²) in [5.74, 6) is -0.400. The van der Waals surface area contributed by atoms with Crippen molar-refractivity contribution in [2.45, 2.75) is 5.38 Å². The molecule has 0 bridgehead atoms. The van der Waals surface area contributed by atoms with E-state index in [0.29, 0.717) is 19.4 Å². The molecule has 2 rings (SSSR count). The molecule has 6 heteroatoms. The van der Waals surface area contributed by atoms with Gasteiger partial charge >= 0.3 is 0 Å². The van der Waals surface area contributed by atoms with Crippen LogP contribution in [-0.2, 0) is 0 Å². The van der Waals surface area contributed by atoms with Gasteiger partial charge in [-0.1, -0.05) is 6.07 Å². The van der Waals surface area contributed by atoms with Gasteiger partial charge in [0, 0.05) is 15.2 Å². The van der Waals surface area contributed by atoms with Gasteiger partial charge < -0.3 is 4.74 Å². The Bertz CT molecular complexity index is 651. The molecule has 0 amide bonds. The molecule has 2 aromatic carbocycles. The van der Waals surface area contributed by atoms with E-state index in [1.54, 1.807) is 12.1 Å². The maximum Gasteiger partial charge on any atom is 0.141 e. The van der Waals surface area contributed by atoms with Crippen molar-refractivity contribution in [2.24, 2.45) is 0 Å². The zero-order valence-corrected chi connectivity index (χ0v) is 14.8. The molecule has 0 aromatic heterocycles. The average molecular weight is 473 g/mol. The molecule has 0 aliphatic carbocycles. The number of methoxy groups -OCH3 is 1. The summed E-state index contributed by atoms with van der Waals surface area (Å²) in [7, 11) is 1.45.